The fraction of sp³-hybridized carbons (Fsp3) is 0.286. The number of nitrogens with two attached hydrogens (primary N) is 1. The molecule has 7 nitrogen and oxygen atoms in total. The quantitative estimate of drug-likeness (QED) is 0.533. The first-order valence-corrected chi connectivity index (χ1v) is 9.40. The van der Waals surface area contributed by atoms with Crippen LogP contribution < -0.4 is 10.5 Å². The SMILES string of the molecule is Cc1ccc2nc(COc3ccc(-c4nc(C5(N)CCC5)no4)cc3)cn2c1.Cl. The average molecular weight is 412 g/mol. The third-order valence-corrected chi connectivity index (χ3v) is 5.25. The van der Waals surface area contributed by atoms with Gasteiger partial charge in [0.05, 0.1) is 11.2 Å². The largest absolute Gasteiger partial charge is 0.487 e. The van der Waals surface area contributed by atoms with Crippen molar-refractivity contribution in [3.05, 3.63) is 65.9 Å². The Bertz CT molecular complexity index is 1130. The van der Waals surface area contributed by atoms with E-state index in [1.54, 1.807) is 0 Å². The topological polar surface area (TPSA) is 91.5 Å². The maximum atomic E-state index is 6.26. The van der Waals surface area contributed by atoms with E-state index in [1.807, 2.05) is 53.2 Å². The van der Waals surface area contributed by atoms with Crippen molar-refractivity contribution >= 4 is 18.1 Å². The second kappa shape index (κ2) is 7.50. The van der Waals surface area contributed by atoms with Gasteiger partial charge in [0.2, 0.25) is 0 Å². The number of benzene rings is 1. The fourth-order valence-corrected chi connectivity index (χ4v) is 3.40. The standard InChI is InChI=1S/C21H21N5O2.ClH/c1-14-3-8-18-23-16(12-26(18)11-14)13-27-17-6-4-15(5-7-17)19-24-20(25-28-19)21(22)9-2-10-21;/h3-8,11-12H,2,9-10,13,22H2,1H3;1H. The number of rotatable bonds is 5. The molecule has 1 aromatic carbocycles. The van der Waals surface area contributed by atoms with Gasteiger partial charge in [-0.25, -0.2) is 4.98 Å². The van der Waals surface area contributed by atoms with Crippen molar-refractivity contribution in [3.63, 3.8) is 0 Å². The van der Waals surface area contributed by atoms with E-state index in [0.717, 1.165) is 41.9 Å². The lowest BCUT2D eigenvalue weighted by Crippen LogP contribution is -2.44. The number of hydrogen-bond donors (Lipinski definition) is 1. The lowest BCUT2D eigenvalue weighted by molar-refractivity contribution is 0.229. The monoisotopic (exact) mass is 411 g/mol. The predicted molar refractivity (Wildman–Crippen MR) is 111 cm³/mol. The lowest BCUT2D eigenvalue weighted by Gasteiger charge is -2.34. The summed E-state index contributed by atoms with van der Waals surface area (Å²) in [4.78, 5) is 9.04. The highest BCUT2D eigenvalue weighted by molar-refractivity contribution is 5.85. The van der Waals surface area contributed by atoms with Crippen LogP contribution in [0.1, 0.15) is 36.3 Å². The summed E-state index contributed by atoms with van der Waals surface area (Å²) in [5.74, 6) is 1.83. The Kier molecular flexibility index (Phi) is 5.02. The number of halogens is 1. The van der Waals surface area contributed by atoms with Gasteiger partial charge < -0.3 is 19.4 Å². The fourth-order valence-electron chi connectivity index (χ4n) is 3.40. The number of hydrogen-bond acceptors (Lipinski definition) is 6. The number of nitrogens with zero attached hydrogens (tertiary/aromatic N) is 4. The number of aryl methyl sites for hydroxylation is 1. The second-order valence-electron chi connectivity index (χ2n) is 7.45. The van der Waals surface area contributed by atoms with Crippen LogP contribution in [0.5, 0.6) is 5.75 Å². The van der Waals surface area contributed by atoms with Crippen LogP contribution in [0.15, 0.2) is 53.3 Å². The van der Waals surface area contributed by atoms with Gasteiger partial charge in [-0.1, -0.05) is 11.2 Å². The molecule has 29 heavy (non-hydrogen) atoms. The molecule has 5 rings (SSSR count). The van der Waals surface area contributed by atoms with Crippen molar-refractivity contribution in [2.45, 2.75) is 38.3 Å². The highest BCUT2D eigenvalue weighted by Gasteiger charge is 2.39. The summed E-state index contributed by atoms with van der Waals surface area (Å²) in [5, 5.41) is 4.06. The molecule has 1 fully saturated rings. The van der Waals surface area contributed by atoms with Crippen molar-refractivity contribution in [2.75, 3.05) is 0 Å². The van der Waals surface area contributed by atoms with Crippen LogP contribution >= 0.6 is 12.4 Å². The second-order valence-corrected chi connectivity index (χ2v) is 7.45. The van der Waals surface area contributed by atoms with Gasteiger partial charge in [-0.3, -0.25) is 0 Å². The van der Waals surface area contributed by atoms with E-state index in [4.69, 9.17) is 15.0 Å². The van der Waals surface area contributed by atoms with Gasteiger partial charge in [0.25, 0.3) is 5.89 Å². The van der Waals surface area contributed by atoms with Gasteiger partial charge in [0.15, 0.2) is 5.82 Å². The molecule has 0 aliphatic heterocycles. The molecule has 0 bridgehead atoms. The van der Waals surface area contributed by atoms with Crippen LogP contribution in [0.2, 0.25) is 0 Å². The maximum Gasteiger partial charge on any atom is 0.257 e. The van der Waals surface area contributed by atoms with Crippen molar-refractivity contribution < 1.29 is 9.26 Å². The van der Waals surface area contributed by atoms with Gasteiger partial charge in [0.1, 0.15) is 18.0 Å². The molecule has 1 aliphatic carbocycles. The summed E-state index contributed by atoms with van der Waals surface area (Å²) >= 11 is 0. The number of ether oxygens (including phenoxy) is 1. The number of pyridine rings is 1. The van der Waals surface area contributed by atoms with E-state index < -0.39 is 5.54 Å². The minimum absolute atomic E-state index is 0. The summed E-state index contributed by atoms with van der Waals surface area (Å²) in [6.45, 7) is 2.46. The normalized spacial score (nSPS) is 15.0. The molecular weight excluding hydrogens is 390 g/mol. The van der Waals surface area contributed by atoms with Gasteiger partial charge in [-0.2, -0.15) is 4.98 Å². The molecule has 3 heterocycles. The minimum Gasteiger partial charge on any atom is -0.487 e. The Morgan fingerprint density at radius 1 is 1.10 bits per heavy atom. The first kappa shape index (κ1) is 19.4. The molecule has 0 saturated heterocycles. The molecule has 1 saturated carbocycles. The van der Waals surface area contributed by atoms with Crippen molar-refractivity contribution in [3.8, 4) is 17.2 Å². The number of fused-ring (bicyclic) bond motifs is 1. The zero-order chi connectivity index (χ0) is 19.1. The third-order valence-electron chi connectivity index (χ3n) is 5.25. The average Bonchev–Trinajstić information content (AvgIpc) is 3.32. The molecule has 4 aromatic rings. The van der Waals surface area contributed by atoms with Gasteiger partial charge in [-0.05, 0) is 62.1 Å². The third kappa shape index (κ3) is 3.71. The van der Waals surface area contributed by atoms with Crippen LogP contribution in [-0.2, 0) is 12.1 Å². The first-order valence-electron chi connectivity index (χ1n) is 9.40. The van der Waals surface area contributed by atoms with Gasteiger partial charge >= 0.3 is 0 Å². The van der Waals surface area contributed by atoms with Gasteiger partial charge in [-0.15, -0.1) is 12.4 Å². The number of imidazole rings is 1. The summed E-state index contributed by atoms with van der Waals surface area (Å²) in [7, 11) is 0. The Hall–Kier alpha value is -2.90. The molecule has 1 aliphatic rings. The Morgan fingerprint density at radius 3 is 2.62 bits per heavy atom. The molecule has 0 radical (unpaired) electrons. The summed E-state index contributed by atoms with van der Waals surface area (Å²) in [6, 6.07) is 11.6. The molecule has 3 aromatic heterocycles. The summed E-state index contributed by atoms with van der Waals surface area (Å²) < 4.78 is 13.3. The van der Waals surface area contributed by atoms with E-state index >= 15 is 0 Å². The van der Waals surface area contributed by atoms with Crippen LogP contribution in [-0.4, -0.2) is 19.5 Å². The van der Waals surface area contributed by atoms with E-state index in [-0.39, 0.29) is 12.4 Å². The molecule has 0 unspecified atom stereocenters. The van der Waals surface area contributed by atoms with E-state index in [2.05, 4.69) is 22.0 Å². The maximum absolute atomic E-state index is 6.26. The lowest BCUT2D eigenvalue weighted by atomic mass is 9.77. The molecule has 0 atom stereocenters. The summed E-state index contributed by atoms with van der Waals surface area (Å²) in [5.41, 5.74) is 9.67. The molecule has 150 valence electrons. The Labute approximate surface area is 174 Å². The Morgan fingerprint density at radius 2 is 1.90 bits per heavy atom. The molecular formula is C21H22ClN5O2. The van der Waals surface area contributed by atoms with Crippen molar-refractivity contribution in [2.24, 2.45) is 5.73 Å². The Balaban J connectivity index is 0.00000205. The molecule has 0 amide bonds. The highest BCUT2D eigenvalue weighted by atomic mass is 35.5. The van der Waals surface area contributed by atoms with Crippen molar-refractivity contribution in [1.29, 1.82) is 0 Å². The van der Waals surface area contributed by atoms with Crippen LogP contribution in [0, 0.1) is 6.92 Å². The van der Waals surface area contributed by atoms with Gasteiger partial charge in [0, 0.05) is 18.0 Å². The van der Waals surface area contributed by atoms with E-state index in [0.29, 0.717) is 18.3 Å². The summed E-state index contributed by atoms with van der Waals surface area (Å²) in [6.07, 6.45) is 6.95. The molecule has 2 N–H and O–H groups in total. The van der Waals surface area contributed by atoms with Crippen LogP contribution in [0.25, 0.3) is 17.1 Å². The van der Waals surface area contributed by atoms with E-state index in [9.17, 15) is 0 Å². The number of aromatic nitrogens is 4. The smallest absolute Gasteiger partial charge is 0.257 e. The zero-order valence-corrected chi connectivity index (χ0v) is 16.9. The van der Waals surface area contributed by atoms with Crippen LogP contribution in [0.3, 0.4) is 0 Å². The highest BCUT2D eigenvalue weighted by Crippen LogP contribution is 2.37. The first-order chi connectivity index (χ1) is 13.6. The molecule has 8 heteroatoms. The van der Waals surface area contributed by atoms with E-state index in [1.165, 1.54) is 5.56 Å². The minimum atomic E-state index is -0.419. The molecule has 0 spiro atoms. The van der Waals surface area contributed by atoms with Crippen molar-refractivity contribution in [1.82, 2.24) is 19.5 Å². The zero-order valence-electron chi connectivity index (χ0n) is 16.0. The predicted octanol–water partition coefficient (Wildman–Crippen LogP) is 4.03. The van der Waals surface area contributed by atoms with Crippen LogP contribution in [0.4, 0.5) is 0 Å².